The topological polar surface area (TPSA) is 35.2 Å². The normalized spacial score (nSPS) is 13.9. The molecule has 2 N–H and O–H groups in total. The third-order valence-corrected chi connectivity index (χ3v) is 2.45. The molecule has 0 aliphatic heterocycles. The van der Waals surface area contributed by atoms with Gasteiger partial charge in [0.15, 0.2) is 0 Å². The Morgan fingerprint density at radius 3 is 2.47 bits per heavy atom. The van der Waals surface area contributed by atoms with Gasteiger partial charge in [-0.3, -0.25) is 4.74 Å². The van der Waals surface area contributed by atoms with Crippen LogP contribution in [0.2, 0.25) is 0 Å². The summed E-state index contributed by atoms with van der Waals surface area (Å²) in [6.45, 7) is -0.591. The first-order valence-corrected chi connectivity index (χ1v) is 4.90. The highest BCUT2D eigenvalue weighted by molar-refractivity contribution is 9.10. The minimum absolute atomic E-state index is 0.585. The third kappa shape index (κ3) is 4.19. The second-order valence-corrected chi connectivity index (χ2v) is 3.74. The van der Waals surface area contributed by atoms with Crippen LogP contribution in [-0.2, 0) is 4.74 Å². The van der Waals surface area contributed by atoms with E-state index in [-0.39, 0.29) is 0 Å². The Morgan fingerprint density at radius 2 is 1.93 bits per heavy atom. The first kappa shape index (κ1) is 12.5. The first-order valence-electron chi connectivity index (χ1n) is 4.11. The van der Waals surface area contributed by atoms with Gasteiger partial charge in [0.2, 0.25) is 0 Å². The Morgan fingerprint density at radius 1 is 1.33 bits per heavy atom. The maximum atomic E-state index is 11.7. The van der Waals surface area contributed by atoms with Crippen LogP contribution in [-0.4, -0.2) is 13.0 Å². The smallest absolute Gasteiger partial charge is 0.322 e. The molecular weight excluding hydrogens is 275 g/mol. The Balaban J connectivity index is 2.62. The molecule has 0 saturated heterocycles. The summed E-state index contributed by atoms with van der Waals surface area (Å²) in [5.74, 6) is 0. The molecular formula is C9H9BrF3NO. The van der Waals surface area contributed by atoms with Crippen molar-refractivity contribution in [1.82, 2.24) is 0 Å². The van der Waals surface area contributed by atoms with Gasteiger partial charge in [-0.15, -0.1) is 13.2 Å². The van der Waals surface area contributed by atoms with Gasteiger partial charge in [-0.2, -0.15) is 0 Å². The average molecular weight is 284 g/mol. The van der Waals surface area contributed by atoms with Crippen LogP contribution in [0.4, 0.5) is 13.2 Å². The molecule has 1 rings (SSSR count). The van der Waals surface area contributed by atoms with Crippen LogP contribution in [0.25, 0.3) is 0 Å². The molecule has 0 radical (unpaired) electrons. The molecule has 0 spiro atoms. The van der Waals surface area contributed by atoms with Gasteiger partial charge in [-0.1, -0.05) is 34.1 Å². The Hall–Kier alpha value is -0.590. The number of alkyl halides is 3. The lowest BCUT2D eigenvalue weighted by molar-refractivity contribution is -0.326. The van der Waals surface area contributed by atoms with E-state index in [1.54, 1.807) is 24.3 Å². The molecule has 0 bridgehead atoms. The number of halogens is 4. The fraction of sp³-hybridized carbons (Fsp3) is 0.333. The summed E-state index contributed by atoms with van der Waals surface area (Å²) >= 11 is 3.20. The Bertz CT molecular complexity index is 329. The second kappa shape index (κ2) is 4.96. The zero-order chi connectivity index (χ0) is 11.5. The number of hydrogen-bond acceptors (Lipinski definition) is 2. The van der Waals surface area contributed by atoms with E-state index in [9.17, 15) is 13.2 Å². The van der Waals surface area contributed by atoms with Crippen LogP contribution in [0.5, 0.6) is 0 Å². The highest BCUT2D eigenvalue weighted by atomic mass is 79.9. The monoisotopic (exact) mass is 283 g/mol. The molecule has 6 heteroatoms. The van der Waals surface area contributed by atoms with E-state index in [4.69, 9.17) is 5.73 Å². The van der Waals surface area contributed by atoms with Gasteiger partial charge in [0.25, 0.3) is 0 Å². The van der Waals surface area contributed by atoms with Gasteiger partial charge >= 0.3 is 6.36 Å². The molecule has 2 nitrogen and oxygen atoms in total. The van der Waals surface area contributed by atoms with Gasteiger partial charge in [0, 0.05) is 4.47 Å². The lowest BCUT2D eigenvalue weighted by atomic mass is 10.1. The Kier molecular flexibility index (Phi) is 4.12. The van der Waals surface area contributed by atoms with Gasteiger partial charge in [0.05, 0.1) is 12.6 Å². The summed E-state index contributed by atoms with van der Waals surface area (Å²) in [6, 6.07) is 6.01. The van der Waals surface area contributed by atoms with Gasteiger partial charge in [-0.05, 0) is 11.6 Å². The molecule has 1 atom stereocenters. The molecule has 0 aliphatic carbocycles. The summed E-state index contributed by atoms with van der Waals surface area (Å²) < 4.78 is 39.6. The number of nitrogens with two attached hydrogens (primary N) is 1. The lowest BCUT2D eigenvalue weighted by Crippen LogP contribution is -2.23. The van der Waals surface area contributed by atoms with Crippen molar-refractivity contribution in [2.24, 2.45) is 5.73 Å². The molecule has 0 heterocycles. The van der Waals surface area contributed by atoms with Crippen molar-refractivity contribution >= 4 is 15.9 Å². The average Bonchev–Trinajstić information content (AvgIpc) is 2.14. The van der Waals surface area contributed by atoms with E-state index in [2.05, 4.69) is 20.7 Å². The molecule has 84 valence electrons. The zero-order valence-corrected chi connectivity index (χ0v) is 9.18. The van der Waals surface area contributed by atoms with Crippen molar-refractivity contribution in [3.05, 3.63) is 34.3 Å². The van der Waals surface area contributed by atoms with Crippen molar-refractivity contribution < 1.29 is 17.9 Å². The third-order valence-electron chi connectivity index (χ3n) is 1.73. The van der Waals surface area contributed by atoms with Gasteiger partial charge < -0.3 is 5.73 Å². The standard InChI is InChI=1S/C9H9BrF3NO/c10-7-4-2-1-3-6(7)8(14)5-15-9(11,12)13/h1-4,8H,5,14H2/t8-/m1/s1. The van der Waals surface area contributed by atoms with Crippen molar-refractivity contribution in [2.75, 3.05) is 6.61 Å². The molecule has 1 aromatic carbocycles. The molecule has 0 aliphatic rings. The number of benzene rings is 1. The summed E-state index contributed by atoms with van der Waals surface area (Å²) in [7, 11) is 0. The minimum Gasteiger partial charge on any atom is -0.322 e. The van der Waals surface area contributed by atoms with Crippen LogP contribution in [0, 0.1) is 0 Å². The van der Waals surface area contributed by atoms with Crippen LogP contribution < -0.4 is 5.73 Å². The number of ether oxygens (including phenoxy) is 1. The van der Waals surface area contributed by atoms with E-state index in [0.29, 0.717) is 10.0 Å². The van der Waals surface area contributed by atoms with E-state index in [1.807, 2.05) is 0 Å². The molecule has 1 aromatic rings. The summed E-state index contributed by atoms with van der Waals surface area (Å²) in [6.07, 6.45) is -4.64. The van der Waals surface area contributed by atoms with Crippen molar-refractivity contribution in [2.45, 2.75) is 12.4 Å². The van der Waals surface area contributed by atoms with Crippen molar-refractivity contribution in [1.29, 1.82) is 0 Å². The quantitative estimate of drug-likeness (QED) is 0.926. The fourth-order valence-electron chi connectivity index (χ4n) is 1.05. The van der Waals surface area contributed by atoms with E-state index in [0.717, 1.165) is 0 Å². The largest absolute Gasteiger partial charge is 0.522 e. The number of rotatable bonds is 3. The van der Waals surface area contributed by atoms with Crippen molar-refractivity contribution in [3.8, 4) is 0 Å². The van der Waals surface area contributed by atoms with Crippen LogP contribution >= 0.6 is 15.9 Å². The minimum atomic E-state index is -4.64. The molecule has 15 heavy (non-hydrogen) atoms. The predicted molar refractivity (Wildman–Crippen MR) is 53.1 cm³/mol. The second-order valence-electron chi connectivity index (χ2n) is 2.88. The summed E-state index contributed by atoms with van der Waals surface area (Å²) in [5.41, 5.74) is 6.13. The van der Waals surface area contributed by atoms with Crippen LogP contribution in [0.3, 0.4) is 0 Å². The van der Waals surface area contributed by atoms with E-state index in [1.165, 1.54) is 0 Å². The predicted octanol–water partition coefficient (Wildman–Crippen LogP) is 2.99. The molecule has 0 aromatic heterocycles. The number of hydrogen-bond donors (Lipinski definition) is 1. The highest BCUT2D eigenvalue weighted by Crippen LogP contribution is 2.24. The van der Waals surface area contributed by atoms with Crippen LogP contribution in [0.1, 0.15) is 11.6 Å². The Labute approximate surface area is 93.3 Å². The fourth-order valence-corrected chi connectivity index (χ4v) is 1.63. The van der Waals surface area contributed by atoms with E-state index >= 15 is 0 Å². The molecule has 0 fully saturated rings. The lowest BCUT2D eigenvalue weighted by Gasteiger charge is -2.15. The summed E-state index contributed by atoms with van der Waals surface area (Å²) in [4.78, 5) is 0. The maximum Gasteiger partial charge on any atom is 0.522 e. The maximum absolute atomic E-state index is 11.7. The zero-order valence-electron chi connectivity index (χ0n) is 7.59. The van der Waals surface area contributed by atoms with Gasteiger partial charge in [-0.25, -0.2) is 0 Å². The molecule has 0 saturated carbocycles. The molecule has 0 unspecified atom stereocenters. The SMILES string of the molecule is N[C@H](COC(F)(F)F)c1ccccc1Br. The van der Waals surface area contributed by atoms with Gasteiger partial charge in [0.1, 0.15) is 0 Å². The first-order chi connectivity index (χ1) is 6.90. The van der Waals surface area contributed by atoms with Crippen molar-refractivity contribution in [3.63, 3.8) is 0 Å². The highest BCUT2D eigenvalue weighted by Gasteiger charge is 2.30. The van der Waals surface area contributed by atoms with E-state index < -0.39 is 19.0 Å². The van der Waals surface area contributed by atoms with Crippen LogP contribution in [0.15, 0.2) is 28.7 Å². The molecule has 0 amide bonds. The summed E-state index contributed by atoms with van der Waals surface area (Å²) in [5, 5.41) is 0.